The van der Waals surface area contributed by atoms with Crippen molar-refractivity contribution in [3.05, 3.63) is 0 Å². The third kappa shape index (κ3) is 4.55. The van der Waals surface area contributed by atoms with Gasteiger partial charge in [0.2, 0.25) is 0 Å². The highest BCUT2D eigenvalue weighted by molar-refractivity contribution is 4.89. The quantitative estimate of drug-likeness (QED) is 0.677. The molecule has 1 saturated carbocycles. The van der Waals surface area contributed by atoms with E-state index in [0.717, 1.165) is 5.92 Å². The van der Waals surface area contributed by atoms with E-state index < -0.39 is 0 Å². The average molecular weight is 254 g/mol. The van der Waals surface area contributed by atoms with E-state index in [4.69, 9.17) is 0 Å². The Balaban J connectivity index is 2.53. The van der Waals surface area contributed by atoms with Crippen molar-refractivity contribution in [1.29, 1.82) is 0 Å². The summed E-state index contributed by atoms with van der Waals surface area (Å²) in [4.78, 5) is 2.71. The predicted molar refractivity (Wildman–Crippen MR) is 81.0 cm³/mol. The fraction of sp³-hybridized carbons (Fsp3) is 1.00. The smallest absolute Gasteiger partial charge is 0.00501 e. The Morgan fingerprint density at radius 2 is 1.72 bits per heavy atom. The first-order chi connectivity index (χ1) is 8.69. The lowest BCUT2D eigenvalue weighted by Crippen LogP contribution is -2.43. The van der Waals surface area contributed by atoms with Gasteiger partial charge in [-0.1, -0.05) is 46.5 Å². The highest BCUT2D eigenvalue weighted by atomic mass is 15.1. The summed E-state index contributed by atoms with van der Waals surface area (Å²) in [6.07, 6.45) is 8.37. The van der Waals surface area contributed by atoms with Gasteiger partial charge in [-0.2, -0.15) is 0 Å². The largest absolute Gasteiger partial charge is 0.319 e. The van der Waals surface area contributed by atoms with Gasteiger partial charge >= 0.3 is 0 Å². The van der Waals surface area contributed by atoms with Crippen molar-refractivity contribution in [2.24, 2.45) is 11.3 Å². The van der Waals surface area contributed by atoms with E-state index in [-0.39, 0.29) is 0 Å². The molecular formula is C16H34N2. The zero-order chi connectivity index (χ0) is 13.4. The summed E-state index contributed by atoms with van der Waals surface area (Å²) in [5.74, 6) is 0.887. The Morgan fingerprint density at radius 3 is 2.17 bits per heavy atom. The minimum absolute atomic E-state index is 0.566. The molecule has 0 bridgehead atoms. The van der Waals surface area contributed by atoms with Crippen LogP contribution in [0.15, 0.2) is 0 Å². The minimum Gasteiger partial charge on any atom is -0.319 e. The monoisotopic (exact) mass is 254 g/mol. The van der Waals surface area contributed by atoms with Gasteiger partial charge in [0, 0.05) is 19.6 Å². The Kier molecular flexibility index (Phi) is 7.25. The van der Waals surface area contributed by atoms with Crippen LogP contribution < -0.4 is 5.32 Å². The van der Waals surface area contributed by atoms with Crippen LogP contribution in [0.3, 0.4) is 0 Å². The number of hydrogen-bond acceptors (Lipinski definition) is 2. The maximum atomic E-state index is 3.43. The molecule has 0 amide bonds. The van der Waals surface area contributed by atoms with Crippen molar-refractivity contribution in [3.63, 3.8) is 0 Å². The molecule has 1 aliphatic carbocycles. The van der Waals surface area contributed by atoms with Gasteiger partial charge in [0.05, 0.1) is 0 Å². The number of rotatable bonds is 9. The Bertz CT molecular complexity index is 205. The summed E-state index contributed by atoms with van der Waals surface area (Å²) >= 11 is 0. The molecule has 1 aliphatic rings. The standard InChI is InChI=1S/C16H34N2/c1-5-15(6-2)12-18(7-3)14-16(13-17-4)10-8-9-11-16/h15,17H,5-14H2,1-4H3. The summed E-state index contributed by atoms with van der Waals surface area (Å²) in [5, 5.41) is 3.43. The SMILES string of the molecule is CCC(CC)CN(CC)CC1(CNC)CCCC1. The molecule has 0 aliphatic heterocycles. The third-order valence-electron chi connectivity index (χ3n) is 4.89. The van der Waals surface area contributed by atoms with Crippen LogP contribution in [-0.2, 0) is 0 Å². The lowest BCUT2D eigenvalue weighted by atomic mass is 9.85. The summed E-state index contributed by atoms with van der Waals surface area (Å²) in [5.41, 5.74) is 0.566. The van der Waals surface area contributed by atoms with Crippen LogP contribution >= 0.6 is 0 Å². The van der Waals surface area contributed by atoms with Gasteiger partial charge in [-0.15, -0.1) is 0 Å². The first-order valence-corrected chi connectivity index (χ1v) is 8.06. The molecule has 2 heteroatoms. The van der Waals surface area contributed by atoms with Crippen LogP contribution in [0.25, 0.3) is 0 Å². The van der Waals surface area contributed by atoms with Crippen molar-refractivity contribution in [2.75, 3.05) is 33.2 Å². The lowest BCUT2D eigenvalue weighted by molar-refractivity contribution is 0.136. The molecule has 0 aromatic rings. The first kappa shape index (κ1) is 16.0. The molecule has 1 fully saturated rings. The van der Waals surface area contributed by atoms with Crippen LogP contribution in [-0.4, -0.2) is 38.1 Å². The Morgan fingerprint density at radius 1 is 1.11 bits per heavy atom. The number of nitrogens with zero attached hydrogens (tertiary/aromatic N) is 1. The predicted octanol–water partition coefficient (Wildman–Crippen LogP) is 3.52. The van der Waals surface area contributed by atoms with E-state index in [9.17, 15) is 0 Å². The van der Waals surface area contributed by atoms with E-state index in [2.05, 4.69) is 38.0 Å². The molecular weight excluding hydrogens is 220 g/mol. The highest BCUT2D eigenvalue weighted by Gasteiger charge is 2.34. The zero-order valence-corrected chi connectivity index (χ0v) is 13.1. The van der Waals surface area contributed by atoms with E-state index >= 15 is 0 Å². The second-order valence-electron chi connectivity index (χ2n) is 6.25. The van der Waals surface area contributed by atoms with Gasteiger partial charge in [-0.3, -0.25) is 0 Å². The molecule has 0 atom stereocenters. The van der Waals surface area contributed by atoms with Crippen molar-refractivity contribution < 1.29 is 0 Å². The van der Waals surface area contributed by atoms with Gasteiger partial charge in [-0.25, -0.2) is 0 Å². The molecule has 108 valence electrons. The zero-order valence-electron chi connectivity index (χ0n) is 13.1. The molecule has 18 heavy (non-hydrogen) atoms. The molecule has 0 radical (unpaired) electrons. The van der Waals surface area contributed by atoms with Crippen molar-refractivity contribution in [2.45, 2.75) is 59.3 Å². The van der Waals surface area contributed by atoms with Crippen LogP contribution in [0, 0.1) is 11.3 Å². The van der Waals surface area contributed by atoms with Crippen molar-refractivity contribution >= 4 is 0 Å². The Labute approximate surface area is 115 Å². The van der Waals surface area contributed by atoms with E-state index in [1.54, 1.807) is 0 Å². The van der Waals surface area contributed by atoms with Crippen LogP contribution in [0.2, 0.25) is 0 Å². The van der Waals surface area contributed by atoms with Gasteiger partial charge in [0.25, 0.3) is 0 Å². The van der Waals surface area contributed by atoms with Gasteiger partial charge in [0.1, 0.15) is 0 Å². The fourth-order valence-corrected chi connectivity index (χ4v) is 3.58. The second kappa shape index (κ2) is 8.16. The van der Waals surface area contributed by atoms with E-state index in [1.807, 2.05) is 0 Å². The maximum Gasteiger partial charge on any atom is 0.00501 e. The van der Waals surface area contributed by atoms with Crippen molar-refractivity contribution in [3.8, 4) is 0 Å². The second-order valence-corrected chi connectivity index (χ2v) is 6.25. The number of hydrogen-bond donors (Lipinski definition) is 1. The highest BCUT2D eigenvalue weighted by Crippen LogP contribution is 2.38. The molecule has 0 saturated heterocycles. The van der Waals surface area contributed by atoms with Gasteiger partial charge < -0.3 is 10.2 Å². The third-order valence-corrected chi connectivity index (χ3v) is 4.89. The molecule has 0 aromatic carbocycles. The Hall–Kier alpha value is -0.0800. The normalized spacial score (nSPS) is 19.0. The molecule has 0 spiro atoms. The first-order valence-electron chi connectivity index (χ1n) is 8.06. The number of nitrogens with one attached hydrogen (secondary N) is 1. The van der Waals surface area contributed by atoms with Crippen molar-refractivity contribution in [1.82, 2.24) is 10.2 Å². The summed E-state index contributed by atoms with van der Waals surface area (Å²) in [6.45, 7) is 12.0. The molecule has 0 aromatic heterocycles. The molecule has 0 unspecified atom stereocenters. The van der Waals surface area contributed by atoms with Crippen LogP contribution in [0.1, 0.15) is 59.3 Å². The van der Waals surface area contributed by atoms with Gasteiger partial charge in [-0.05, 0) is 37.8 Å². The molecule has 2 nitrogen and oxygen atoms in total. The van der Waals surface area contributed by atoms with Gasteiger partial charge in [0.15, 0.2) is 0 Å². The topological polar surface area (TPSA) is 15.3 Å². The summed E-state index contributed by atoms with van der Waals surface area (Å²) in [7, 11) is 2.11. The molecule has 0 heterocycles. The summed E-state index contributed by atoms with van der Waals surface area (Å²) in [6, 6.07) is 0. The average Bonchev–Trinajstić information content (AvgIpc) is 2.83. The molecule has 1 N–H and O–H groups in total. The lowest BCUT2D eigenvalue weighted by Gasteiger charge is -2.36. The molecule has 1 rings (SSSR count). The summed E-state index contributed by atoms with van der Waals surface area (Å²) < 4.78 is 0. The van der Waals surface area contributed by atoms with Crippen LogP contribution in [0.4, 0.5) is 0 Å². The van der Waals surface area contributed by atoms with E-state index in [0.29, 0.717) is 5.41 Å². The maximum absolute atomic E-state index is 3.43. The fourth-order valence-electron chi connectivity index (χ4n) is 3.58. The van der Waals surface area contributed by atoms with Crippen LogP contribution in [0.5, 0.6) is 0 Å². The van der Waals surface area contributed by atoms with E-state index in [1.165, 1.54) is 64.7 Å². The minimum atomic E-state index is 0.566.